The molecule has 0 saturated heterocycles. The average Bonchev–Trinajstić information content (AvgIpc) is 3.22. The molecule has 0 heterocycles. The minimum atomic E-state index is -0.288. The second-order valence-electron chi connectivity index (χ2n) is 14.7. The molecular formula is C42H84N12O3. The molecule has 0 aromatic heterocycles. The molecule has 0 bridgehead atoms. The molecule has 15 nitrogen and oxygen atoms in total. The Hall–Kier alpha value is -2.73. The first kappa shape index (κ1) is 52.3. The monoisotopic (exact) mass is 805 g/mol. The number of amides is 3. The number of carbonyl (C=O) groups excluding carboxylic acids is 3. The van der Waals surface area contributed by atoms with Gasteiger partial charge in [-0.15, -0.1) is 0 Å². The average molecular weight is 805 g/mol. The largest absolute Gasteiger partial charge is 0.352 e. The van der Waals surface area contributed by atoms with Crippen LogP contribution in [0.15, 0.2) is 18.2 Å². The van der Waals surface area contributed by atoms with Crippen LogP contribution >= 0.6 is 0 Å². The maximum Gasteiger partial charge on any atom is 0.251 e. The zero-order chi connectivity index (χ0) is 41.3. The molecule has 0 fully saturated rings. The van der Waals surface area contributed by atoms with E-state index in [0.29, 0.717) is 36.3 Å². The fraction of sp³-hybridized carbons (Fsp3) is 0.786. The molecule has 3 amide bonds. The normalized spacial score (nSPS) is 11.2. The summed E-state index contributed by atoms with van der Waals surface area (Å²) in [6.07, 6.45) is 15.1. The molecule has 15 heteroatoms. The van der Waals surface area contributed by atoms with Gasteiger partial charge in [0, 0.05) is 36.3 Å². The zero-order valence-electron chi connectivity index (χ0n) is 35.5. The number of hydrogen-bond acceptors (Lipinski definition) is 12. The maximum absolute atomic E-state index is 13.2. The predicted octanol–water partition coefficient (Wildman–Crippen LogP) is 1.14. The van der Waals surface area contributed by atoms with Crippen LogP contribution in [0.3, 0.4) is 0 Å². The van der Waals surface area contributed by atoms with E-state index in [0.717, 1.165) is 194 Å². The summed E-state index contributed by atoms with van der Waals surface area (Å²) in [5.41, 5.74) is 17.5. The van der Waals surface area contributed by atoms with Crippen LogP contribution in [0.1, 0.15) is 127 Å². The molecule has 0 saturated carbocycles. The van der Waals surface area contributed by atoms with Gasteiger partial charge in [-0.05, 0) is 213 Å². The molecule has 0 atom stereocenters. The standard InChI is InChI=1S/C42H84N12O3/c43-16-13-28-49-22-4-1-19-46-25-7-10-31-52-40(55)37-34-38(41(56)53-32-11-8-26-47-20-2-5-23-50-29-14-17-44)36-39(35-37)42(57)54-33-12-9-27-48-21-3-6-24-51-30-15-18-45/h34-36,46-51H,1-33,43-45H2,(H,52,55)(H,53,56)(H,54,57). The zero-order valence-corrected chi connectivity index (χ0v) is 35.5. The van der Waals surface area contributed by atoms with E-state index in [2.05, 4.69) is 47.9 Å². The Balaban J connectivity index is 2.51. The van der Waals surface area contributed by atoms with Gasteiger partial charge in [-0.3, -0.25) is 14.4 Å². The Morgan fingerprint density at radius 3 is 0.667 bits per heavy atom. The lowest BCUT2D eigenvalue weighted by Gasteiger charge is -2.12. The maximum atomic E-state index is 13.2. The van der Waals surface area contributed by atoms with Crippen molar-refractivity contribution in [2.24, 2.45) is 17.2 Å². The summed E-state index contributed by atoms with van der Waals surface area (Å²) in [5, 5.41) is 29.5. The topological polar surface area (TPSA) is 238 Å². The van der Waals surface area contributed by atoms with Crippen LogP contribution in [0.4, 0.5) is 0 Å². The second-order valence-corrected chi connectivity index (χ2v) is 14.7. The lowest BCUT2D eigenvalue weighted by molar-refractivity contribution is 0.0952. The van der Waals surface area contributed by atoms with Crippen molar-refractivity contribution in [3.8, 4) is 0 Å². The molecular weight excluding hydrogens is 721 g/mol. The van der Waals surface area contributed by atoms with Crippen molar-refractivity contribution in [1.82, 2.24) is 47.9 Å². The van der Waals surface area contributed by atoms with Crippen LogP contribution in [0, 0.1) is 0 Å². The van der Waals surface area contributed by atoms with Gasteiger partial charge in [0.05, 0.1) is 0 Å². The highest BCUT2D eigenvalue weighted by Crippen LogP contribution is 2.12. The van der Waals surface area contributed by atoms with E-state index >= 15 is 0 Å². The predicted molar refractivity (Wildman–Crippen MR) is 237 cm³/mol. The Morgan fingerprint density at radius 1 is 0.298 bits per heavy atom. The molecule has 330 valence electrons. The summed E-state index contributed by atoms with van der Waals surface area (Å²) in [5.74, 6) is -0.865. The lowest BCUT2D eigenvalue weighted by Crippen LogP contribution is -2.30. The first-order chi connectivity index (χ1) is 28.0. The van der Waals surface area contributed by atoms with Crippen molar-refractivity contribution in [3.05, 3.63) is 34.9 Å². The van der Waals surface area contributed by atoms with Gasteiger partial charge in [0.15, 0.2) is 0 Å². The van der Waals surface area contributed by atoms with Crippen LogP contribution in [-0.4, -0.2) is 136 Å². The molecule has 0 unspecified atom stereocenters. The van der Waals surface area contributed by atoms with E-state index in [4.69, 9.17) is 17.2 Å². The van der Waals surface area contributed by atoms with Crippen LogP contribution < -0.4 is 65.1 Å². The molecule has 0 aliphatic rings. The van der Waals surface area contributed by atoms with E-state index in [1.54, 1.807) is 18.2 Å². The van der Waals surface area contributed by atoms with Gasteiger partial charge in [0.2, 0.25) is 0 Å². The highest BCUT2D eigenvalue weighted by Gasteiger charge is 2.16. The fourth-order valence-corrected chi connectivity index (χ4v) is 5.99. The van der Waals surface area contributed by atoms with Crippen molar-refractivity contribution >= 4 is 17.7 Å². The summed E-state index contributed by atoms with van der Waals surface area (Å²) < 4.78 is 0. The molecule has 1 aromatic carbocycles. The number of nitrogens with one attached hydrogen (secondary N) is 9. The minimum Gasteiger partial charge on any atom is -0.352 e. The van der Waals surface area contributed by atoms with E-state index in [9.17, 15) is 14.4 Å². The van der Waals surface area contributed by atoms with Crippen molar-refractivity contribution in [1.29, 1.82) is 0 Å². The van der Waals surface area contributed by atoms with E-state index in [1.165, 1.54) is 0 Å². The SMILES string of the molecule is NCCCNCCCCNCCCCNC(=O)c1cc(C(=O)NCCCCNCCCCNCCCN)cc(C(=O)NCCCCNCCCCNCCCN)c1. The Morgan fingerprint density at radius 2 is 0.474 bits per heavy atom. The molecule has 0 radical (unpaired) electrons. The minimum absolute atomic E-state index is 0.288. The molecule has 0 aliphatic heterocycles. The lowest BCUT2D eigenvalue weighted by atomic mass is 10.0. The summed E-state index contributed by atoms with van der Waals surface area (Å²) in [6, 6.07) is 4.76. The number of unbranched alkanes of at least 4 members (excludes halogenated alkanes) is 6. The summed E-state index contributed by atoms with van der Waals surface area (Å²) >= 11 is 0. The van der Waals surface area contributed by atoms with Gasteiger partial charge in [0.25, 0.3) is 17.7 Å². The van der Waals surface area contributed by atoms with Crippen LogP contribution in [-0.2, 0) is 0 Å². The number of benzene rings is 1. The highest BCUT2D eigenvalue weighted by molar-refractivity contribution is 6.04. The molecule has 0 spiro atoms. The Bertz CT molecular complexity index is 968. The van der Waals surface area contributed by atoms with E-state index in [-0.39, 0.29) is 17.7 Å². The van der Waals surface area contributed by atoms with Gasteiger partial charge < -0.3 is 65.1 Å². The number of rotatable bonds is 42. The highest BCUT2D eigenvalue weighted by atomic mass is 16.2. The summed E-state index contributed by atoms with van der Waals surface area (Å²) in [7, 11) is 0. The van der Waals surface area contributed by atoms with Crippen molar-refractivity contribution < 1.29 is 14.4 Å². The van der Waals surface area contributed by atoms with Crippen LogP contribution in [0.5, 0.6) is 0 Å². The number of hydrogen-bond donors (Lipinski definition) is 12. The molecule has 57 heavy (non-hydrogen) atoms. The quantitative estimate of drug-likeness (QED) is 0.0417. The van der Waals surface area contributed by atoms with E-state index < -0.39 is 0 Å². The molecule has 15 N–H and O–H groups in total. The summed E-state index contributed by atoms with van der Waals surface area (Å²) in [6.45, 7) is 15.3. The Kier molecular flexibility index (Phi) is 36.8. The smallest absolute Gasteiger partial charge is 0.251 e. The number of nitrogens with two attached hydrogens (primary N) is 3. The van der Waals surface area contributed by atoms with E-state index in [1.807, 2.05) is 0 Å². The third-order valence-corrected chi connectivity index (χ3v) is 9.46. The van der Waals surface area contributed by atoms with Gasteiger partial charge in [-0.25, -0.2) is 0 Å². The number of carbonyl (C=O) groups is 3. The van der Waals surface area contributed by atoms with Gasteiger partial charge in [-0.2, -0.15) is 0 Å². The molecule has 0 aliphatic carbocycles. The van der Waals surface area contributed by atoms with Gasteiger partial charge in [0.1, 0.15) is 0 Å². The van der Waals surface area contributed by atoms with Crippen molar-refractivity contribution in [3.63, 3.8) is 0 Å². The second kappa shape index (κ2) is 40.1. The first-order valence-electron chi connectivity index (χ1n) is 22.4. The molecule has 1 rings (SSSR count). The van der Waals surface area contributed by atoms with Crippen LogP contribution in [0.2, 0.25) is 0 Å². The Labute approximate surface area is 345 Å². The van der Waals surface area contributed by atoms with Crippen molar-refractivity contribution in [2.45, 2.75) is 96.3 Å². The molecule has 1 aromatic rings. The third-order valence-electron chi connectivity index (χ3n) is 9.46. The first-order valence-corrected chi connectivity index (χ1v) is 22.4. The third kappa shape index (κ3) is 31.9. The van der Waals surface area contributed by atoms with Crippen molar-refractivity contribution in [2.75, 3.05) is 118 Å². The summed E-state index contributed by atoms with van der Waals surface area (Å²) in [4.78, 5) is 39.7. The van der Waals surface area contributed by atoms with Gasteiger partial charge in [-0.1, -0.05) is 0 Å². The van der Waals surface area contributed by atoms with Gasteiger partial charge >= 0.3 is 0 Å². The van der Waals surface area contributed by atoms with Crippen LogP contribution in [0.25, 0.3) is 0 Å². The fourth-order valence-electron chi connectivity index (χ4n) is 5.99.